The fourth-order valence-electron chi connectivity index (χ4n) is 13.2. The van der Waals surface area contributed by atoms with Crippen LogP contribution in [0.1, 0.15) is 447 Å². The second kappa shape index (κ2) is 74.8. The lowest BCUT2D eigenvalue weighted by Crippen LogP contribution is -2.30. The lowest BCUT2D eigenvalue weighted by molar-refractivity contribution is -0.161. The van der Waals surface area contributed by atoms with Gasteiger partial charge in [-0.05, 0) is 49.4 Å². The molecule has 17 nitrogen and oxygen atoms in total. The molecule has 0 amide bonds. The number of ether oxygens (including phenoxy) is 4. The molecule has 0 aromatic heterocycles. The molecule has 0 aliphatic heterocycles. The van der Waals surface area contributed by atoms with Crippen LogP contribution in [0.15, 0.2) is 0 Å². The number of phosphoric ester groups is 2. The molecule has 0 aromatic carbocycles. The predicted octanol–water partition coefficient (Wildman–Crippen LogP) is 25.9. The van der Waals surface area contributed by atoms with Gasteiger partial charge in [-0.15, -0.1) is 0 Å². The van der Waals surface area contributed by atoms with Crippen LogP contribution in [0, 0.1) is 23.7 Å². The maximum Gasteiger partial charge on any atom is 0.472 e. The second-order valence-electron chi connectivity index (χ2n) is 32.1. The normalized spacial score (nSPS) is 14.7. The molecule has 0 saturated carbocycles. The van der Waals surface area contributed by atoms with Crippen molar-refractivity contribution in [1.82, 2.24) is 0 Å². The zero-order chi connectivity index (χ0) is 77.4. The van der Waals surface area contributed by atoms with Crippen LogP contribution in [0.3, 0.4) is 0 Å². The number of aliphatic hydroxyl groups excluding tert-OH is 1. The van der Waals surface area contributed by atoms with E-state index in [9.17, 15) is 43.2 Å². The van der Waals surface area contributed by atoms with Crippen LogP contribution in [-0.4, -0.2) is 96.7 Å². The Hall–Kier alpha value is -1.94. The van der Waals surface area contributed by atoms with Gasteiger partial charge in [0.15, 0.2) is 12.2 Å². The van der Waals surface area contributed by atoms with Crippen molar-refractivity contribution in [3.63, 3.8) is 0 Å². The number of carbonyl (C=O) groups is 4. The molecule has 0 saturated heterocycles. The van der Waals surface area contributed by atoms with E-state index in [0.29, 0.717) is 25.7 Å². The Balaban J connectivity index is 5.24. The van der Waals surface area contributed by atoms with Gasteiger partial charge in [-0.25, -0.2) is 9.13 Å². The second-order valence-corrected chi connectivity index (χ2v) is 35.0. The molecule has 0 heterocycles. The highest BCUT2D eigenvalue weighted by atomic mass is 31.2. The maximum absolute atomic E-state index is 13.2. The summed E-state index contributed by atoms with van der Waals surface area (Å²) in [5.74, 6) is 1.14. The third kappa shape index (κ3) is 75.9. The van der Waals surface area contributed by atoms with E-state index in [1.54, 1.807) is 0 Å². The van der Waals surface area contributed by atoms with Crippen molar-refractivity contribution >= 4 is 39.5 Å². The van der Waals surface area contributed by atoms with Crippen LogP contribution >= 0.6 is 15.6 Å². The van der Waals surface area contributed by atoms with Crippen molar-refractivity contribution in [3.8, 4) is 0 Å². The van der Waals surface area contributed by atoms with Crippen molar-refractivity contribution in [1.29, 1.82) is 0 Å². The predicted molar refractivity (Wildman–Crippen MR) is 432 cm³/mol. The molecule has 5 unspecified atom stereocenters. The Bertz CT molecular complexity index is 2050. The number of hydrogen-bond donors (Lipinski definition) is 3. The SMILES string of the molecule is CCC(C)CCCCCCCCCCCCCCCCCCCCC(=O)O[C@H](COC(=O)CCCCCCCCCCCCCCCCC(C)CC)COP(=O)(O)OC[C@@H](O)COP(=O)(O)OC[C@@H](COC(=O)CCCCCCCCCCC(C)C)OC(=O)CCCCCCCCCCCCC(C)CC. The zero-order valence-corrected chi connectivity index (χ0v) is 71.2. The first-order chi connectivity index (χ1) is 50.7. The highest BCUT2D eigenvalue weighted by molar-refractivity contribution is 7.47. The number of hydrogen-bond acceptors (Lipinski definition) is 15. The van der Waals surface area contributed by atoms with Crippen LogP contribution < -0.4 is 0 Å². The molecular formula is C86H168O17P2. The smallest absolute Gasteiger partial charge is 0.462 e. The molecule has 105 heavy (non-hydrogen) atoms. The third-order valence-corrected chi connectivity index (χ3v) is 23.1. The Morgan fingerprint density at radius 2 is 0.457 bits per heavy atom. The third-order valence-electron chi connectivity index (χ3n) is 21.2. The summed E-state index contributed by atoms with van der Waals surface area (Å²) >= 11 is 0. The summed E-state index contributed by atoms with van der Waals surface area (Å²) in [5.41, 5.74) is 0. The molecule has 0 aliphatic rings. The lowest BCUT2D eigenvalue weighted by atomic mass is 9.99. The van der Waals surface area contributed by atoms with Gasteiger partial charge in [-0.3, -0.25) is 37.3 Å². The van der Waals surface area contributed by atoms with Crippen molar-refractivity contribution in [3.05, 3.63) is 0 Å². The van der Waals surface area contributed by atoms with Crippen LogP contribution in [-0.2, 0) is 65.4 Å². The Kier molecular flexibility index (Phi) is 73.4. The molecule has 0 aliphatic carbocycles. The van der Waals surface area contributed by atoms with E-state index in [-0.39, 0.29) is 25.7 Å². The topological polar surface area (TPSA) is 237 Å². The van der Waals surface area contributed by atoms with E-state index in [0.717, 1.165) is 114 Å². The van der Waals surface area contributed by atoms with E-state index >= 15 is 0 Å². The number of aliphatic hydroxyl groups is 1. The molecule has 0 rings (SSSR count). The van der Waals surface area contributed by atoms with E-state index in [2.05, 4.69) is 55.4 Å². The number of carbonyl (C=O) groups excluding carboxylic acids is 4. The summed E-state index contributed by atoms with van der Waals surface area (Å²) in [6, 6.07) is 0. The van der Waals surface area contributed by atoms with E-state index < -0.39 is 97.5 Å². The molecule has 0 fully saturated rings. The van der Waals surface area contributed by atoms with Gasteiger partial charge in [-0.2, -0.15) is 0 Å². The van der Waals surface area contributed by atoms with E-state index in [4.69, 9.17) is 37.0 Å². The summed E-state index contributed by atoms with van der Waals surface area (Å²) in [6.07, 6.45) is 63.7. The molecule has 3 N–H and O–H groups in total. The minimum atomic E-state index is -4.97. The van der Waals surface area contributed by atoms with Gasteiger partial charge in [0, 0.05) is 25.7 Å². The zero-order valence-electron chi connectivity index (χ0n) is 69.4. The molecule has 0 spiro atoms. The largest absolute Gasteiger partial charge is 0.472 e. The summed E-state index contributed by atoms with van der Waals surface area (Å²) < 4.78 is 68.9. The molecule has 0 bridgehead atoms. The minimum Gasteiger partial charge on any atom is -0.462 e. The van der Waals surface area contributed by atoms with Gasteiger partial charge in [0.1, 0.15) is 19.3 Å². The molecule has 624 valence electrons. The molecule has 8 atom stereocenters. The van der Waals surface area contributed by atoms with Crippen LogP contribution in [0.4, 0.5) is 0 Å². The highest BCUT2D eigenvalue weighted by Gasteiger charge is 2.31. The Morgan fingerprint density at radius 1 is 0.267 bits per heavy atom. The number of esters is 4. The average molecular weight is 1540 g/mol. The van der Waals surface area contributed by atoms with Crippen LogP contribution in [0.5, 0.6) is 0 Å². The number of rotatable bonds is 83. The quantitative estimate of drug-likeness (QED) is 0.0222. The van der Waals surface area contributed by atoms with Crippen LogP contribution in [0.2, 0.25) is 0 Å². The van der Waals surface area contributed by atoms with Gasteiger partial charge in [-0.1, -0.05) is 396 Å². The number of phosphoric acid groups is 2. The highest BCUT2D eigenvalue weighted by Crippen LogP contribution is 2.45. The summed E-state index contributed by atoms with van der Waals surface area (Å²) in [6.45, 7) is 14.4. The monoisotopic (exact) mass is 1540 g/mol. The minimum absolute atomic E-state index is 0.106. The molecular weight excluding hydrogens is 1370 g/mol. The summed E-state index contributed by atoms with van der Waals surface area (Å²) in [5, 5.41) is 10.7. The van der Waals surface area contributed by atoms with Crippen molar-refractivity contribution < 1.29 is 80.2 Å². The van der Waals surface area contributed by atoms with E-state index in [1.807, 2.05) is 0 Å². The van der Waals surface area contributed by atoms with E-state index in [1.165, 1.54) is 250 Å². The molecule has 19 heteroatoms. The number of unbranched alkanes of at least 4 members (excludes halogenated alkanes) is 46. The van der Waals surface area contributed by atoms with Gasteiger partial charge in [0.25, 0.3) is 0 Å². The van der Waals surface area contributed by atoms with Crippen LogP contribution in [0.25, 0.3) is 0 Å². The average Bonchev–Trinajstić information content (AvgIpc) is 0.930. The summed E-state index contributed by atoms with van der Waals surface area (Å²) in [7, 11) is -9.93. The molecule has 0 radical (unpaired) electrons. The van der Waals surface area contributed by atoms with Gasteiger partial charge in [0.05, 0.1) is 26.4 Å². The summed E-state index contributed by atoms with van der Waals surface area (Å²) in [4.78, 5) is 73.2. The Morgan fingerprint density at radius 3 is 0.676 bits per heavy atom. The first-order valence-corrected chi connectivity index (χ1v) is 47.3. The van der Waals surface area contributed by atoms with Crippen molar-refractivity contribution in [2.75, 3.05) is 39.6 Å². The van der Waals surface area contributed by atoms with Gasteiger partial charge < -0.3 is 33.8 Å². The first-order valence-electron chi connectivity index (χ1n) is 44.3. The van der Waals surface area contributed by atoms with Crippen molar-refractivity contribution in [2.45, 2.75) is 465 Å². The fourth-order valence-corrected chi connectivity index (χ4v) is 14.8. The maximum atomic E-state index is 13.2. The molecule has 0 aromatic rings. The van der Waals surface area contributed by atoms with Gasteiger partial charge in [0.2, 0.25) is 0 Å². The lowest BCUT2D eigenvalue weighted by Gasteiger charge is -2.21. The fraction of sp³-hybridized carbons (Fsp3) is 0.953. The standard InChI is InChI=1S/C86H168O17P2/c1-9-77(6)63-55-47-39-30-24-20-16-14-12-13-15-17-23-27-34-44-52-60-68-85(90)102-81(72-96-83(88)66-58-50-42-33-26-22-19-18-21-25-31-40-48-56-64-78(7)10-2)74-100-104(92,93)98-70-80(87)71-99-105(94,95)101-75-82(73-97-84(89)67-59-51-43-37-36-38-46-54-62-76(4)5)103-86(91)69-61-53-45-35-29-28-32-41-49-57-65-79(8)11-3/h76-82,87H,9-75H2,1-8H3,(H,92,93)(H,94,95)/t77?,78?,79?,80-,81-,82-/m1/s1. The first kappa shape index (κ1) is 103. The Labute approximate surface area is 645 Å². The van der Waals surface area contributed by atoms with Crippen molar-refractivity contribution in [2.24, 2.45) is 23.7 Å². The van der Waals surface area contributed by atoms with Gasteiger partial charge >= 0.3 is 39.5 Å².